The van der Waals surface area contributed by atoms with E-state index in [-0.39, 0.29) is 11.3 Å². The Bertz CT molecular complexity index is 481. The van der Waals surface area contributed by atoms with Crippen LogP contribution >= 0.6 is 0 Å². The smallest absolute Gasteiger partial charge is 0.222 e. The van der Waals surface area contributed by atoms with Crippen LogP contribution in [0.15, 0.2) is 30.3 Å². The van der Waals surface area contributed by atoms with Gasteiger partial charge in [0.2, 0.25) is 5.91 Å². The minimum absolute atomic E-state index is 0.235. The van der Waals surface area contributed by atoms with Gasteiger partial charge in [-0.25, -0.2) is 0 Å². The van der Waals surface area contributed by atoms with Gasteiger partial charge in [0.15, 0.2) is 0 Å². The predicted octanol–water partition coefficient (Wildman–Crippen LogP) is 3.16. The molecular weight excluding hydrogens is 248 g/mol. The van der Waals surface area contributed by atoms with Crippen LogP contribution in [0.2, 0.25) is 0 Å². The minimum Gasteiger partial charge on any atom is -0.343 e. The second-order valence-electron chi connectivity index (χ2n) is 5.89. The standard InChI is InChI=1S/C17H22N2O/c1-17(14-18)10-12-19(13-11-17)16(20)9-5-8-15-6-3-2-4-7-15/h2-4,6-7H,5,8-13H2,1H3. The first-order valence-electron chi connectivity index (χ1n) is 7.36. The summed E-state index contributed by atoms with van der Waals surface area (Å²) in [5, 5.41) is 9.09. The summed E-state index contributed by atoms with van der Waals surface area (Å²) in [5.41, 5.74) is 1.05. The highest BCUT2D eigenvalue weighted by Crippen LogP contribution is 2.30. The van der Waals surface area contributed by atoms with E-state index >= 15 is 0 Å². The minimum atomic E-state index is -0.235. The molecule has 1 aliphatic rings. The van der Waals surface area contributed by atoms with Crippen molar-refractivity contribution < 1.29 is 4.79 Å². The van der Waals surface area contributed by atoms with Gasteiger partial charge in [-0.15, -0.1) is 0 Å². The van der Waals surface area contributed by atoms with Crippen LogP contribution in [0.4, 0.5) is 0 Å². The predicted molar refractivity (Wildman–Crippen MR) is 78.9 cm³/mol. The van der Waals surface area contributed by atoms with Gasteiger partial charge in [0, 0.05) is 19.5 Å². The van der Waals surface area contributed by atoms with Crippen molar-refractivity contribution in [2.24, 2.45) is 5.41 Å². The molecule has 0 radical (unpaired) electrons. The van der Waals surface area contributed by atoms with Crippen molar-refractivity contribution in [1.29, 1.82) is 5.26 Å². The van der Waals surface area contributed by atoms with Crippen molar-refractivity contribution in [3.8, 4) is 6.07 Å². The first-order valence-corrected chi connectivity index (χ1v) is 7.36. The maximum absolute atomic E-state index is 12.1. The second-order valence-corrected chi connectivity index (χ2v) is 5.89. The molecule has 0 bridgehead atoms. The number of nitrogens with zero attached hydrogens (tertiary/aromatic N) is 2. The summed E-state index contributed by atoms with van der Waals surface area (Å²) in [4.78, 5) is 14.1. The van der Waals surface area contributed by atoms with Crippen molar-refractivity contribution in [3.63, 3.8) is 0 Å². The van der Waals surface area contributed by atoms with Crippen LogP contribution in [0, 0.1) is 16.7 Å². The molecule has 1 amide bonds. The molecule has 0 unspecified atom stereocenters. The van der Waals surface area contributed by atoms with Gasteiger partial charge in [-0.05, 0) is 38.2 Å². The average Bonchev–Trinajstić information content (AvgIpc) is 2.49. The number of hydrogen-bond acceptors (Lipinski definition) is 2. The second kappa shape index (κ2) is 6.56. The van der Waals surface area contributed by atoms with E-state index in [1.54, 1.807) is 0 Å². The topological polar surface area (TPSA) is 44.1 Å². The highest BCUT2D eigenvalue weighted by molar-refractivity contribution is 5.76. The van der Waals surface area contributed by atoms with Gasteiger partial charge in [-0.3, -0.25) is 4.79 Å². The van der Waals surface area contributed by atoms with Gasteiger partial charge in [0.05, 0.1) is 11.5 Å². The zero-order valence-corrected chi connectivity index (χ0v) is 12.1. The van der Waals surface area contributed by atoms with Crippen LogP contribution in [-0.4, -0.2) is 23.9 Å². The fraction of sp³-hybridized carbons (Fsp3) is 0.529. The van der Waals surface area contributed by atoms with E-state index < -0.39 is 0 Å². The van der Waals surface area contributed by atoms with Gasteiger partial charge in [0.1, 0.15) is 0 Å². The summed E-state index contributed by atoms with van der Waals surface area (Å²) < 4.78 is 0. The molecule has 1 saturated heterocycles. The third-order valence-electron chi connectivity index (χ3n) is 4.19. The largest absolute Gasteiger partial charge is 0.343 e. The van der Waals surface area contributed by atoms with E-state index in [0.29, 0.717) is 6.42 Å². The van der Waals surface area contributed by atoms with Crippen molar-refractivity contribution in [2.45, 2.75) is 39.0 Å². The number of hydrogen-bond donors (Lipinski definition) is 0. The van der Waals surface area contributed by atoms with Crippen LogP contribution < -0.4 is 0 Å². The van der Waals surface area contributed by atoms with Crippen molar-refractivity contribution >= 4 is 5.91 Å². The average molecular weight is 270 g/mol. The van der Waals surface area contributed by atoms with E-state index in [4.69, 9.17) is 5.26 Å². The highest BCUT2D eigenvalue weighted by atomic mass is 16.2. The third kappa shape index (κ3) is 3.84. The van der Waals surface area contributed by atoms with E-state index in [0.717, 1.165) is 38.8 Å². The summed E-state index contributed by atoms with van der Waals surface area (Å²) in [6.07, 6.45) is 4.06. The van der Waals surface area contributed by atoms with Crippen LogP contribution in [0.25, 0.3) is 0 Å². The lowest BCUT2D eigenvalue weighted by molar-refractivity contribution is -0.133. The molecule has 1 aliphatic heterocycles. The Morgan fingerprint density at radius 2 is 1.95 bits per heavy atom. The molecule has 1 fully saturated rings. The van der Waals surface area contributed by atoms with Gasteiger partial charge >= 0.3 is 0 Å². The van der Waals surface area contributed by atoms with Gasteiger partial charge in [0.25, 0.3) is 0 Å². The van der Waals surface area contributed by atoms with Crippen LogP contribution in [0.3, 0.4) is 0 Å². The maximum atomic E-state index is 12.1. The number of carbonyl (C=O) groups excluding carboxylic acids is 1. The molecule has 2 rings (SSSR count). The van der Waals surface area contributed by atoms with E-state index in [2.05, 4.69) is 18.2 Å². The van der Waals surface area contributed by atoms with Crippen molar-refractivity contribution in [2.75, 3.05) is 13.1 Å². The fourth-order valence-electron chi connectivity index (χ4n) is 2.61. The number of rotatable bonds is 4. The number of likely N-dealkylation sites (tertiary alicyclic amines) is 1. The highest BCUT2D eigenvalue weighted by Gasteiger charge is 2.31. The van der Waals surface area contributed by atoms with Gasteiger partial charge in [-0.2, -0.15) is 5.26 Å². The maximum Gasteiger partial charge on any atom is 0.222 e. The monoisotopic (exact) mass is 270 g/mol. The molecule has 0 atom stereocenters. The Balaban J connectivity index is 1.72. The number of nitriles is 1. The van der Waals surface area contributed by atoms with E-state index in [1.165, 1.54) is 5.56 Å². The molecule has 1 aromatic carbocycles. The number of carbonyl (C=O) groups is 1. The number of aryl methyl sites for hydroxylation is 1. The Morgan fingerprint density at radius 3 is 2.55 bits per heavy atom. The Kier molecular flexibility index (Phi) is 4.79. The first kappa shape index (κ1) is 14.6. The SMILES string of the molecule is CC1(C#N)CCN(C(=O)CCCc2ccccc2)CC1. The summed E-state index contributed by atoms with van der Waals surface area (Å²) in [6.45, 7) is 3.45. The molecular formula is C17H22N2O. The Morgan fingerprint density at radius 1 is 1.30 bits per heavy atom. The molecule has 0 saturated carbocycles. The molecule has 20 heavy (non-hydrogen) atoms. The van der Waals surface area contributed by atoms with Crippen LogP contribution in [-0.2, 0) is 11.2 Å². The lowest BCUT2D eigenvalue weighted by Crippen LogP contribution is -2.41. The molecule has 0 aliphatic carbocycles. The Labute approximate surface area is 121 Å². The van der Waals surface area contributed by atoms with Gasteiger partial charge in [-0.1, -0.05) is 30.3 Å². The molecule has 3 heteroatoms. The molecule has 0 spiro atoms. The number of benzene rings is 1. The van der Waals surface area contributed by atoms with Gasteiger partial charge < -0.3 is 4.90 Å². The first-order chi connectivity index (χ1) is 9.63. The van der Waals surface area contributed by atoms with E-state index in [1.807, 2.05) is 30.0 Å². The number of amides is 1. The summed E-state index contributed by atoms with van der Waals surface area (Å²) >= 11 is 0. The third-order valence-corrected chi connectivity index (χ3v) is 4.19. The summed E-state index contributed by atoms with van der Waals surface area (Å²) in [7, 11) is 0. The zero-order chi connectivity index (χ0) is 14.4. The van der Waals surface area contributed by atoms with Crippen molar-refractivity contribution in [3.05, 3.63) is 35.9 Å². The summed E-state index contributed by atoms with van der Waals surface area (Å²) in [5.74, 6) is 0.237. The lowest BCUT2D eigenvalue weighted by Gasteiger charge is -2.35. The fourth-order valence-corrected chi connectivity index (χ4v) is 2.61. The van der Waals surface area contributed by atoms with Crippen LogP contribution in [0.5, 0.6) is 0 Å². The van der Waals surface area contributed by atoms with Crippen LogP contribution in [0.1, 0.15) is 38.2 Å². The quantitative estimate of drug-likeness (QED) is 0.843. The van der Waals surface area contributed by atoms with E-state index in [9.17, 15) is 4.79 Å². The lowest BCUT2D eigenvalue weighted by atomic mass is 9.82. The summed E-state index contributed by atoms with van der Waals surface area (Å²) in [6, 6.07) is 12.6. The molecule has 106 valence electrons. The normalized spacial score (nSPS) is 17.5. The number of piperidine rings is 1. The molecule has 3 nitrogen and oxygen atoms in total. The van der Waals surface area contributed by atoms with Crippen molar-refractivity contribution in [1.82, 2.24) is 4.90 Å². The Hall–Kier alpha value is -1.82. The molecule has 0 aromatic heterocycles. The zero-order valence-electron chi connectivity index (χ0n) is 12.1. The molecule has 1 aromatic rings. The molecule has 0 N–H and O–H groups in total. The molecule has 1 heterocycles.